The summed E-state index contributed by atoms with van der Waals surface area (Å²) in [7, 11) is 0. The minimum absolute atomic E-state index is 0.00216. The van der Waals surface area contributed by atoms with Crippen LogP contribution >= 0.6 is 0 Å². The molecular formula is C30H47NO11. The van der Waals surface area contributed by atoms with Crippen molar-refractivity contribution in [3.05, 3.63) is 11.1 Å². The molecule has 3 aliphatic carbocycles. The van der Waals surface area contributed by atoms with E-state index in [0.717, 1.165) is 0 Å². The van der Waals surface area contributed by atoms with Gasteiger partial charge >= 0.3 is 12.1 Å². The second kappa shape index (κ2) is 10.2. The normalized spacial score (nSPS) is 42.6. The lowest BCUT2D eigenvalue weighted by Crippen LogP contribution is -2.78. The van der Waals surface area contributed by atoms with Crippen molar-refractivity contribution in [3.8, 4) is 0 Å². The van der Waals surface area contributed by atoms with E-state index in [1.54, 1.807) is 48.5 Å². The van der Waals surface area contributed by atoms with Gasteiger partial charge in [0.25, 0.3) is 0 Å². The maximum atomic E-state index is 14.1. The number of hydrogen-bond donors (Lipinski definition) is 6. The molecule has 0 spiro atoms. The van der Waals surface area contributed by atoms with Gasteiger partial charge in [0.2, 0.25) is 0 Å². The molecule has 1 amide bonds. The number of carbonyl (C=O) groups excluding carboxylic acids is 3. The highest BCUT2D eigenvalue weighted by atomic mass is 16.6. The Hall–Kier alpha value is -2.09. The van der Waals surface area contributed by atoms with Crippen LogP contribution in [0.3, 0.4) is 0 Å². The molecule has 12 nitrogen and oxygen atoms in total. The zero-order valence-corrected chi connectivity index (χ0v) is 25.9. The number of fused-ring (bicyclic) bond motifs is 5. The predicted molar refractivity (Wildman–Crippen MR) is 148 cm³/mol. The first-order valence-electron chi connectivity index (χ1n) is 14.6. The van der Waals surface area contributed by atoms with Crippen molar-refractivity contribution >= 4 is 17.8 Å². The Morgan fingerprint density at radius 3 is 2.26 bits per heavy atom. The lowest BCUT2D eigenvalue weighted by Gasteiger charge is -2.67. The van der Waals surface area contributed by atoms with E-state index in [4.69, 9.17) is 14.2 Å². The summed E-state index contributed by atoms with van der Waals surface area (Å²) in [5.41, 5.74) is -6.42. The maximum Gasteiger partial charge on any atom is 0.407 e. The summed E-state index contributed by atoms with van der Waals surface area (Å²) in [5, 5.41) is 60.2. The van der Waals surface area contributed by atoms with Crippen LogP contribution in [-0.2, 0) is 23.8 Å². The van der Waals surface area contributed by atoms with Crippen LogP contribution in [0.2, 0.25) is 0 Å². The third-order valence-corrected chi connectivity index (χ3v) is 10.6. The number of ether oxygens (including phenoxy) is 3. The molecule has 0 aromatic carbocycles. The van der Waals surface area contributed by atoms with E-state index in [9.17, 15) is 39.9 Å². The van der Waals surface area contributed by atoms with Crippen LogP contribution in [-0.4, -0.2) is 103 Å². The van der Waals surface area contributed by atoms with Crippen molar-refractivity contribution in [3.63, 3.8) is 0 Å². The van der Waals surface area contributed by atoms with Crippen LogP contribution < -0.4 is 5.32 Å². The van der Waals surface area contributed by atoms with Gasteiger partial charge < -0.3 is 45.1 Å². The van der Waals surface area contributed by atoms with E-state index >= 15 is 0 Å². The summed E-state index contributed by atoms with van der Waals surface area (Å²) in [6, 6.07) is -1.09. The highest BCUT2D eigenvalue weighted by molar-refractivity contribution is 5.93. The minimum Gasteiger partial charge on any atom is -0.456 e. The van der Waals surface area contributed by atoms with Gasteiger partial charge in [-0.1, -0.05) is 20.8 Å². The molecule has 4 aliphatic rings. The fourth-order valence-corrected chi connectivity index (χ4v) is 8.10. The number of hydrogen-bond acceptors (Lipinski definition) is 11. The summed E-state index contributed by atoms with van der Waals surface area (Å²) in [5.74, 6) is -3.63. The third-order valence-electron chi connectivity index (χ3n) is 10.6. The molecular weight excluding hydrogens is 550 g/mol. The average Bonchev–Trinajstić information content (AvgIpc) is 2.85. The quantitative estimate of drug-likeness (QED) is 0.198. The van der Waals surface area contributed by atoms with Crippen LogP contribution in [0.15, 0.2) is 11.1 Å². The monoisotopic (exact) mass is 597 g/mol. The van der Waals surface area contributed by atoms with Gasteiger partial charge in [-0.3, -0.25) is 4.79 Å². The first-order valence-corrected chi connectivity index (χ1v) is 14.6. The fourth-order valence-electron chi connectivity index (χ4n) is 8.10. The number of esters is 1. The average molecular weight is 598 g/mol. The maximum absolute atomic E-state index is 14.1. The van der Waals surface area contributed by atoms with Gasteiger partial charge in [-0.05, 0) is 58.6 Å². The number of ketones is 1. The molecule has 12 heteroatoms. The third kappa shape index (κ3) is 4.69. The van der Waals surface area contributed by atoms with Crippen LogP contribution in [0, 0.1) is 22.7 Å². The number of Topliss-reactive ketones (excluding diaryl/α,β-unsaturated/α-hetero) is 1. The number of alkyl carbamates (subject to hydrolysis) is 1. The van der Waals surface area contributed by atoms with E-state index in [1.165, 1.54) is 13.8 Å². The van der Waals surface area contributed by atoms with E-state index in [2.05, 4.69) is 5.32 Å². The molecule has 42 heavy (non-hydrogen) atoms. The van der Waals surface area contributed by atoms with Crippen molar-refractivity contribution in [1.82, 2.24) is 5.32 Å². The largest absolute Gasteiger partial charge is 0.456 e. The number of carbonyl (C=O) groups is 3. The smallest absolute Gasteiger partial charge is 0.407 e. The van der Waals surface area contributed by atoms with Gasteiger partial charge in [-0.2, -0.15) is 0 Å². The van der Waals surface area contributed by atoms with Crippen molar-refractivity contribution in [2.24, 2.45) is 22.7 Å². The minimum atomic E-state index is -1.79. The second-order valence-corrected chi connectivity index (χ2v) is 14.5. The molecule has 0 radical (unpaired) electrons. The van der Waals surface area contributed by atoms with E-state index in [1.807, 2.05) is 0 Å². The highest BCUT2D eigenvalue weighted by Crippen LogP contribution is 2.64. The Labute approximate surface area is 246 Å². The Balaban J connectivity index is 1.71. The fraction of sp³-hybridized carbons (Fsp3) is 0.833. The molecule has 1 saturated heterocycles. The van der Waals surface area contributed by atoms with Crippen LogP contribution in [0.4, 0.5) is 4.79 Å². The number of amides is 1. The van der Waals surface area contributed by atoms with Crippen LogP contribution in [0.25, 0.3) is 0 Å². The van der Waals surface area contributed by atoms with Gasteiger partial charge in [-0.15, -0.1) is 0 Å². The molecule has 2 saturated carbocycles. The Bertz CT molecular complexity index is 1180. The molecule has 11 atom stereocenters. The molecule has 3 fully saturated rings. The van der Waals surface area contributed by atoms with E-state index < -0.39 is 93.9 Å². The Kier molecular flexibility index (Phi) is 8.00. The molecule has 4 rings (SSSR count). The van der Waals surface area contributed by atoms with Gasteiger partial charge in [0.1, 0.15) is 23.4 Å². The van der Waals surface area contributed by atoms with Crippen LogP contribution in [0.1, 0.15) is 75.2 Å². The lowest BCUT2D eigenvalue weighted by atomic mass is 9.43. The molecule has 1 unspecified atom stereocenters. The predicted octanol–water partition coefficient (Wildman–Crippen LogP) is 0.747. The van der Waals surface area contributed by atoms with Gasteiger partial charge in [0, 0.05) is 24.2 Å². The zero-order valence-electron chi connectivity index (χ0n) is 25.9. The molecule has 0 aromatic heterocycles. The number of nitrogens with one attached hydrogen (secondary N) is 1. The summed E-state index contributed by atoms with van der Waals surface area (Å²) < 4.78 is 16.4. The summed E-state index contributed by atoms with van der Waals surface area (Å²) >= 11 is 0. The molecule has 238 valence electrons. The number of aliphatic hydroxyl groups is 5. The first-order chi connectivity index (χ1) is 19.0. The molecule has 1 heterocycles. The van der Waals surface area contributed by atoms with Crippen molar-refractivity contribution in [2.75, 3.05) is 6.61 Å². The Morgan fingerprint density at radius 1 is 1.14 bits per heavy atom. The molecule has 6 N–H and O–H groups in total. The van der Waals surface area contributed by atoms with Crippen molar-refractivity contribution in [2.45, 2.75) is 129 Å². The molecule has 2 bridgehead atoms. The Morgan fingerprint density at radius 2 is 1.74 bits per heavy atom. The van der Waals surface area contributed by atoms with E-state index in [-0.39, 0.29) is 25.0 Å². The summed E-state index contributed by atoms with van der Waals surface area (Å²) in [6.45, 7) is 14.5. The lowest BCUT2D eigenvalue weighted by molar-refractivity contribution is -0.335. The van der Waals surface area contributed by atoms with E-state index in [0.29, 0.717) is 5.57 Å². The summed E-state index contributed by atoms with van der Waals surface area (Å²) in [4.78, 5) is 39.4. The zero-order chi connectivity index (χ0) is 32.0. The standard InChI is InChI=1S/C30H47NO11/c1-13-16(41-24(36)20(33)15(3)31-25(37)42-26(4,5)6)11-30(39)14(2)22-28(9,17(32)10-18-29(22,38)12-40-18)23(35)21(34)19(13)27(30,7)8/h14-18,20-22,32-34,38-39H,10-12H2,1-9H3,(H,31,37)/t14-,15-,16?,17-,18+,20+,21+,22-,28+,29-,30+/m0/s1. The van der Waals surface area contributed by atoms with Gasteiger partial charge in [0.05, 0.1) is 35.9 Å². The van der Waals surface area contributed by atoms with Crippen molar-refractivity contribution in [1.29, 1.82) is 0 Å². The van der Waals surface area contributed by atoms with Crippen LogP contribution in [0.5, 0.6) is 0 Å². The molecule has 0 aromatic rings. The second-order valence-electron chi connectivity index (χ2n) is 14.5. The SMILES string of the molecule is CC1=C2[C@@H](O)C(=O)[C@@]3(C)[C@H]([C@H](C)[C@](O)(CC1OC(=O)[C@H](O)[C@H](C)NC(=O)OC(C)(C)C)C2(C)C)[C@]1(O)CO[C@@H]1C[C@@H]3O. The van der Waals surface area contributed by atoms with Gasteiger partial charge in [0.15, 0.2) is 11.9 Å². The number of aliphatic hydroxyl groups excluding tert-OH is 3. The summed E-state index contributed by atoms with van der Waals surface area (Å²) in [6.07, 6.45) is -7.71. The highest BCUT2D eigenvalue weighted by Gasteiger charge is 2.74. The topological polar surface area (TPSA) is 192 Å². The van der Waals surface area contributed by atoms with Crippen molar-refractivity contribution < 1.29 is 54.1 Å². The molecule has 1 aliphatic heterocycles. The number of rotatable bonds is 4. The van der Waals surface area contributed by atoms with Gasteiger partial charge in [-0.25, -0.2) is 9.59 Å². The first kappa shape index (κ1) is 32.8.